The molecule has 0 spiro atoms. The molecule has 0 radical (unpaired) electrons. The van der Waals surface area contributed by atoms with Crippen molar-refractivity contribution in [2.24, 2.45) is 0 Å². The number of carbonyl (C=O) groups is 2. The average molecular weight is 263 g/mol. The van der Waals surface area contributed by atoms with Crippen LogP contribution in [0.4, 0.5) is 13.2 Å². The van der Waals surface area contributed by atoms with E-state index in [9.17, 15) is 22.8 Å². The highest BCUT2D eigenvalue weighted by atomic mass is 19.2. The van der Waals surface area contributed by atoms with E-state index in [0.29, 0.717) is 12.1 Å². The van der Waals surface area contributed by atoms with E-state index in [1.165, 1.54) is 0 Å². The molecule has 0 bridgehead atoms. The monoisotopic (exact) mass is 263 g/mol. The van der Waals surface area contributed by atoms with E-state index in [1.54, 1.807) is 0 Å². The highest BCUT2D eigenvalue weighted by molar-refractivity contribution is 5.94. The van der Waals surface area contributed by atoms with Crippen molar-refractivity contribution in [3.05, 3.63) is 35.1 Å². The minimum atomic E-state index is -1.84. The first kappa shape index (κ1) is 14.0. The summed E-state index contributed by atoms with van der Waals surface area (Å²) in [6.07, 6.45) is -1.84. The van der Waals surface area contributed by atoms with Crippen molar-refractivity contribution in [1.29, 1.82) is 0 Å². The van der Waals surface area contributed by atoms with Crippen LogP contribution in [0.15, 0.2) is 12.1 Å². The van der Waals surface area contributed by atoms with Gasteiger partial charge in [0.25, 0.3) is 5.91 Å². The van der Waals surface area contributed by atoms with Crippen LogP contribution in [0.1, 0.15) is 10.4 Å². The molecule has 0 aliphatic carbocycles. The largest absolute Gasteiger partial charge is 0.479 e. The lowest BCUT2D eigenvalue weighted by atomic mass is 10.2. The molecule has 0 heterocycles. The summed E-state index contributed by atoms with van der Waals surface area (Å²) >= 11 is 0. The van der Waals surface area contributed by atoms with Gasteiger partial charge in [0, 0.05) is 5.56 Å². The van der Waals surface area contributed by atoms with Gasteiger partial charge in [-0.15, -0.1) is 0 Å². The van der Waals surface area contributed by atoms with Crippen molar-refractivity contribution in [2.45, 2.75) is 6.10 Å². The lowest BCUT2D eigenvalue weighted by Gasteiger charge is -2.08. The van der Waals surface area contributed by atoms with Crippen LogP contribution in [0.5, 0.6) is 0 Å². The Morgan fingerprint density at radius 1 is 1.22 bits per heavy atom. The molecule has 1 atom stereocenters. The molecule has 1 aromatic rings. The molecule has 0 fully saturated rings. The molecule has 8 heteroatoms. The Balaban J connectivity index is 2.76. The molecule has 5 nitrogen and oxygen atoms in total. The van der Waals surface area contributed by atoms with Gasteiger partial charge in [-0.3, -0.25) is 4.79 Å². The number of carboxylic acid groups (broad SMARTS) is 1. The second-order valence-corrected chi connectivity index (χ2v) is 3.32. The van der Waals surface area contributed by atoms with E-state index in [2.05, 4.69) is 0 Å². The van der Waals surface area contributed by atoms with Gasteiger partial charge in [0.1, 0.15) is 0 Å². The van der Waals surface area contributed by atoms with Crippen molar-refractivity contribution in [1.82, 2.24) is 5.32 Å². The number of nitrogens with one attached hydrogen (secondary N) is 1. The van der Waals surface area contributed by atoms with Crippen LogP contribution < -0.4 is 5.32 Å². The standard InChI is InChI=1S/C10H8F3NO4/c11-5-1-4(2-6(12)8(5)13)9(16)14-3-7(15)10(17)18/h1-2,7,15H,3H2,(H,14,16)(H,17,18)/t7-/m0/s1. The molecule has 0 aliphatic heterocycles. The lowest BCUT2D eigenvalue weighted by molar-refractivity contribution is -0.146. The summed E-state index contributed by atoms with van der Waals surface area (Å²) in [4.78, 5) is 21.5. The average Bonchev–Trinajstić information content (AvgIpc) is 2.31. The van der Waals surface area contributed by atoms with Gasteiger partial charge in [0.15, 0.2) is 23.6 Å². The van der Waals surface area contributed by atoms with E-state index in [4.69, 9.17) is 10.2 Å². The number of hydrogen-bond acceptors (Lipinski definition) is 3. The molecule has 0 aliphatic rings. The predicted octanol–water partition coefficient (Wildman–Crippen LogP) is 0.279. The fourth-order valence-electron chi connectivity index (χ4n) is 1.07. The van der Waals surface area contributed by atoms with Crippen LogP contribution in [0, 0.1) is 17.5 Å². The van der Waals surface area contributed by atoms with Gasteiger partial charge in [0.05, 0.1) is 6.54 Å². The molecule has 18 heavy (non-hydrogen) atoms. The zero-order valence-corrected chi connectivity index (χ0v) is 8.78. The summed E-state index contributed by atoms with van der Waals surface area (Å²) < 4.78 is 38.2. The molecule has 1 aromatic carbocycles. The fourth-order valence-corrected chi connectivity index (χ4v) is 1.07. The minimum absolute atomic E-state index is 0.459. The van der Waals surface area contributed by atoms with Crippen LogP contribution >= 0.6 is 0 Å². The number of halogens is 3. The van der Waals surface area contributed by atoms with E-state index in [1.807, 2.05) is 5.32 Å². The number of amides is 1. The maximum Gasteiger partial charge on any atom is 0.334 e. The molecule has 0 unspecified atom stereocenters. The molecule has 0 saturated heterocycles. The number of aliphatic hydroxyl groups excluding tert-OH is 1. The van der Waals surface area contributed by atoms with Crippen LogP contribution in [-0.4, -0.2) is 34.7 Å². The van der Waals surface area contributed by atoms with Gasteiger partial charge in [-0.1, -0.05) is 0 Å². The van der Waals surface area contributed by atoms with Crippen molar-refractivity contribution in [3.8, 4) is 0 Å². The van der Waals surface area contributed by atoms with E-state index in [-0.39, 0.29) is 0 Å². The highest BCUT2D eigenvalue weighted by Gasteiger charge is 2.17. The number of benzene rings is 1. The summed E-state index contributed by atoms with van der Waals surface area (Å²) in [7, 11) is 0. The Bertz CT molecular complexity index is 469. The number of hydrogen-bond donors (Lipinski definition) is 3. The van der Waals surface area contributed by atoms with Crippen molar-refractivity contribution < 1.29 is 33.0 Å². The number of rotatable bonds is 4. The first-order valence-electron chi connectivity index (χ1n) is 4.66. The number of aliphatic carboxylic acids is 1. The minimum Gasteiger partial charge on any atom is -0.479 e. The van der Waals surface area contributed by atoms with Gasteiger partial charge in [-0.05, 0) is 12.1 Å². The van der Waals surface area contributed by atoms with E-state index < -0.39 is 47.5 Å². The Hall–Kier alpha value is -2.09. The zero-order valence-electron chi connectivity index (χ0n) is 8.78. The third-order valence-electron chi connectivity index (χ3n) is 1.99. The predicted molar refractivity (Wildman–Crippen MR) is 52.3 cm³/mol. The van der Waals surface area contributed by atoms with E-state index >= 15 is 0 Å². The summed E-state index contributed by atoms with van der Waals surface area (Å²) in [5.41, 5.74) is -0.524. The van der Waals surface area contributed by atoms with Crippen LogP contribution in [0.25, 0.3) is 0 Å². The quantitative estimate of drug-likeness (QED) is 0.681. The summed E-state index contributed by atoms with van der Waals surface area (Å²) in [6, 6.07) is 0.918. The van der Waals surface area contributed by atoms with Crippen molar-refractivity contribution in [2.75, 3.05) is 6.54 Å². The Labute approximate surface area is 98.8 Å². The van der Waals surface area contributed by atoms with Gasteiger partial charge in [-0.25, -0.2) is 18.0 Å². The van der Waals surface area contributed by atoms with Gasteiger partial charge >= 0.3 is 5.97 Å². The third kappa shape index (κ3) is 3.20. The summed E-state index contributed by atoms with van der Waals surface area (Å²) in [5.74, 6) is -7.39. The molecule has 0 aromatic heterocycles. The molecular weight excluding hydrogens is 255 g/mol. The zero-order chi connectivity index (χ0) is 13.9. The first-order valence-corrected chi connectivity index (χ1v) is 4.66. The van der Waals surface area contributed by atoms with Gasteiger partial charge in [0.2, 0.25) is 0 Å². The maximum atomic E-state index is 12.8. The Morgan fingerprint density at radius 3 is 2.17 bits per heavy atom. The lowest BCUT2D eigenvalue weighted by Crippen LogP contribution is -2.36. The third-order valence-corrected chi connectivity index (χ3v) is 1.99. The Kier molecular flexibility index (Phi) is 4.27. The number of aliphatic hydroxyl groups is 1. The SMILES string of the molecule is O=C(NC[C@H](O)C(=O)O)c1cc(F)c(F)c(F)c1. The topological polar surface area (TPSA) is 86.6 Å². The smallest absolute Gasteiger partial charge is 0.334 e. The number of carbonyl (C=O) groups excluding carboxylic acids is 1. The van der Waals surface area contributed by atoms with Gasteiger partial charge < -0.3 is 15.5 Å². The highest BCUT2D eigenvalue weighted by Crippen LogP contribution is 2.13. The van der Waals surface area contributed by atoms with Crippen LogP contribution in [0.2, 0.25) is 0 Å². The second-order valence-electron chi connectivity index (χ2n) is 3.32. The molecule has 0 saturated carbocycles. The molecular formula is C10H8F3NO4. The summed E-state index contributed by atoms with van der Waals surface area (Å²) in [6.45, 7) is -0.644. The molecule has 1 amide bonds. The van der Waals surface area contributed by atoms with Crippen molar-refractivity contribution in [3.63, 3.8) is 0 Å². The molecule has 3 N–H and O–H groups in total. The molecule has 98 valence electrons. The van der Waals surface area contributed by atoms with Crippen LogP contribution in [-0.2, 0) is 4.79 Å². The normalized spacial score (nSPS) is 12.0. The van der Waals surface area contributed by atoms with Gasteiger partial charge in [-0.2, -0.15) is 0 Å². The first-order chi connectivity index (χ1) is 8.32. The molecule has 1 rings (SSSR count). The second kappa shape index (κ2) is 5.50. The van der Waals surface area contributed by atoms with Crippen LogP contribution in [0.3, 0.4) is 0 Å². The van der Waals surface area contributed by atoms with E-state index in [0.717, 1.165) is 0 Å². The fraction of sp³-hybridized carbons (Fsp3) is 0.200. The maximum absolute atomic E-state index is 12.8. The van der Waals surface area contributed by atoms with Crippen molar-refractivity contribution >= 4 is 11.9 Å². The summed E-state index contributed by atoms with van der Waals surface area (Å²) in [5, 5.41) is 19.1. The Morgan fingerprint density at radius 2 is 1.72 bits per heavy atom. The number of carboxylic acids is 1.